The van der Waals surface area contributed by atoms with Gasteiger partial charge in [-0.25, -0.2) is 0 Å². The van der Waals surface area contributed by atoms with Gasteiger partial charge in [0.15, 0.2) is 0 Å². The van der Waals surface area contributed by atoms with Crippen LogP contribution in [0.25, 0.3) is 0 Å². The standard InChI is InChI=1S/C13H23NO2Si/c1-12(2,3)14-10-7-6-9(8-15)13(10,11(14)16)17(4)5/h6,10,15,17H,7-8H2,1-5H3/t10-,13+/m1/s1. The maximum atomic E-state index is 12.6. The van der Waals surface area contributed by atoms with Crippen molar-refractivity contribution in [2.75, 3.05) is 6.61 Å². The smallest absolute Gasteiger partial charge is 0.232 e. The number of hydrogen-bond acceptors (Lipinski definition) is 2. The number of likely N-dealkylation sites (tertiary alicyclic amines) is 1. The van der Waals surface area contributed by atoms with Gasteiger partial charge >= 0.3 is 0 Å². The largest absolute Gasteiger partial charge is 0.392 e. The Balaban J connectivity index is 2.40. The van der Waals surface area contributed by atoms with Gasteiger partial charge in [-0.2, -0.15) is 0 Å². The molecule has 0 aromatic heterocycles. The molecule has 1 aliphatic carbocycles. The molecule has 0 saturated carbocycles. The maximum absolute atomic E-state index is 12.6. The predicted molar refractivity (Wildman–Crippen MR) is 71.7 cm³/mol. The van der Waals surface area contributed by atoms with Crippen LogP contribution in [-0.2, 0) is 4.79 Å². The number of hydrogen-bond donors (Lipinski definition) is 1. The molecule has 1 saturated heterocycles. The number of aliphatic hydroxyl groups excluding tert-OH is 1. The summed E-state index contributed by atoms with van der Waals surface area (Å²) in [7, 11) is -1.17. The number of aliphatic hydroxyl groups is 1. The van der Waals surface area contributed by atoms with E-state index in [-0.39, 0.29) is 23.1 Å². The van der Waals surface area contributed by atoms with Crippen molar-refractivity contribution < 1.29 is 9.90 Å². The lowest BCUT2D eigenvalue weighted by molar-refractivity contribution is -0.159. The Labute approximate surface area is 105 Å². The number of β-lactam (4-membered cyclic amide) rings is 1. The topological polar surface area (TPSA) is 40.5 Å². The first-order valence-corrected chi connectivity index (χ1v) is 9.30. The first kappa shape index (κ1) is 12.8. The quantitative estimate of drug-likeness (QED) is 0.461. The van der Waals surface area contributed by atoms with Crippen molar-refractivity contribution in [3.63, 3.8) is 0 Å². The van der Waals surface area contributed by atoms with Crippen molar-refractivity contribution in [3.05, 3.63) is 11.6 Å². The van der Waals surface area contributed by atoms with Gasteiger partial charge < -0.3 is 10.0 Å². The Hall–Kier alpha value is -0.613. The highest BCUT2D eigenvalue weighted by atomic mass is 28.3. The first-order chi connectivity index (χ1) is 7.77. The minimum Gasteiger partial charge on any atom is -0.392 e. The average Bonchev–Trinajstić information content (AvgIpc) is 2.49. The Morgan fingerprint density at radius 2 is 2.12 bits per heavy atom. The Kier molecular flexibility index (Phi) is 2.78. The van der Waals surface area contributed by atoms with Gasteiger partial charge in [0.1, 0.15) is 0 Å². The van der Waals surface area contributed by atoms with Crippen molar-refractivity contribution in [3.8, 4) is 0 Å². The zero-order chi connectivity index (χ0) is 13.0. The molecule has 1 aliphatic heterocycles. The second kappa shape index (κ2) is 3.69. The van der Waals surface area contributed by atoms with Crippen molar-refractivity contribution in [2.24, 2.45) is 0 Å². The van der Waals surface area contributed by atoms with Gasteiger partial charge in [0, 0.05) is 5.54 Å². The van der Waals surface area contributed by atoms with Crippen molar-refractivity contribution >= 4 is 14.7 Å². The number of carbonyl (C=O) groups is 1. The summed E-state index contributed by atoms with van der Waals surface area (Å²) < 4.78 is 0. The summed E-state index contributed by atoms with van der Waals surface area (Å²) in [5, 5.41) is 9.22. The molecule has 0 spiro atoms. The van der Waals surface area contributed by atoms with Gasteiger partial charge in [-0.05, 0) is 32.8 Å². The molecule has 4 heteroatoms. The summed E-state index contributed by atoms with van der Waals surface area (Å²) in [6, 6.07) is 0.309. The molecule has 3 nitrogen and oxygen atoms in total. The molecule has 0 bridgehead atoms. The fraction of sp³-hybridized carbons (Fsp3) is 0.769. The second-order valence-corrected chi connectivity index (χ2v) is 9.73. The van der Waals surface area contributed by atoms with E-state index in [1.165, 1.54) is 0 Å². The molecular weight excluding hydrogens is 230 g/mol. The molecular formula is C13H23NO2Si. The number of rotatable bonds is 2. The van der Waals surface area contributed by atoms with Crippen LogP contribution in [0.2, 0.25) is 18.1 Å². The minimum atomic E-state index is -1.17. The fourth-order valence-electron chi connectivity index (χ4n) is 3.66. The lowest BCUT2D eigenvalue weighted by Crippen LogP contribution is -2.72. The Morgan fingerprint density at radius 3 is 2.53 bits per heavy atom. The average molecular weight is 253 g/mol. The highest BCUT2D eigenvalue weighted by Crippen LogP contribution is 2.61. The van der Waals surface area contributed by atoms with Crippen LogP contribution in [0.3, 0.4) is 0 Å². The highest BCUT2D eigenvalue weighted by Gasteiger charge is 2.67. The van der Waals surface area contributed by atoms with Crippen molar-refractivity contribution in [1.82, 2.24) is 4.90 Å². The van der Waals surface area contributed by atoms with E-state index >= 15 is 0 Å². The third kappa shape index (κ3) is 1.40. The van der Waals surface area contributed by atoms with E-state index in [4.69, 9.17) is 0 Å². The Bertz CT molecular complexity index is 383. The molecule has 1 fully saturated rings. The van der Waals surface area contributed by atoms with Gasteiger partial charge in [0.25, 0.3) is 0 Å². The molecule has 1 heterocycles. The van der Waals surface area contributed by atoms with Crippen LogP contribution in [0.4, 0.5) is 0 Å². The van der Waals surface area contributed by atoms with Crippen LogP contribution in [0.5, 0.6) is 0 Å². The summed E-state index contributed by atoms with van der Waals surface area (Å²) >= 11 is 0. The SMILES string of the molecule is C[SiH](C)[C@]12C(=O)N(C(C)(C)C)[C@@H]1CC=C2CO. The summed E-state index contributed by atoms with van der Waals surface area (Å²) in [4.78, 5) is 14.7. The van der Waals surface area contributed by atoms with E-state index in [2.05, 4.69) is 39.9 Å². The fourth-order valence-corrected chi connectivity index (χ4v) is 6.29. The number of amides is 1. The van der Waals surface area contributed by atoms with E-state index < -0.39 is 8.80 Å². The van der Waals surface area contributed by atoms with Crippen molar-refractivity contribution in [1.29, 1.82) is 0 Å². The third-order valence-electron chi connectivity index (χ3n) is 4.33. The summed E-state index contributed by atoms with van der Waals surface area (Å²) in [6.07, 6.45) is 3.02. The monoisotopic (exact) mass is 253 g/mol. The van der Waals surface area contributed by atoms with Gasteiger partial charge in [-0.1, -0.05) is 19.2 Å². The van der Waals surface area contributed by atoms with E-state index in [9.17, 15) is 9.90 Å². The number of nitrogens with zero attached hydrogens (tertiary/aromatic N) is 1. The summed E-state index contributed by atoms with van der Waals surface area (Å²) in [5.74, 6) is 0.259. The number of carbonyl (C=O) groups excluding carboxylic acids is 1. The van der Waals surface area contributed by atoms with Crippen LogP contribution in [0.15, 0.2) is 11.6 Å². The molecule has 1 N–H and O–H groups in total. The molecule has 2 aliphatic rings. The van der Waals surface area contributed by atoms with Crippen molar-refractivity contribution in [2.45, 2.75) is 56.9 Å². The predicted octanol–water partition coefficient (Wildman–Crippen LogP) is 1.55. The van der Waals surface area contributed by atoms with E-state index in [1.807, 2.05) is 4.90 Å². The first-order valence-electron chi connectivity index (χ1n) is 6.42. The molecule has 0 aromatic carbocycles. The molecule has 96 valence electrons. The molecule has 2 atom stereocenters. The van der Waals surface area contributed by atoms with Gasteiger partial charge in [-0.3, -0.25) is 4.79 Å². The maximum Gasteiger partial charge on any atom is 0.232 e. The minimum absolute atomic E-state index is 0.0470. The lowest BCUT2D eigenvalue weighted by atomic mass is 9.80. The molecule has 0 radical (unpaired) electrons. The van der Waals surface area contributed by atoms with E-state index in [0.29, 0.717) is 6.04 Å². The van der Waals surface area contributed by atoms with Gasteiger partial charge in [0.05, 0.1) is 26.5 Å². The normalized spacial score (nSPS) is 32.6. The van der Waals surface area contributed by atoms with Crippen LogP contribution in [0, 0.1) is 0 Å². The molecule has 2 rings (SSSR count). The Morgan fingerprint density at radius 1 is 1.53 bits per heavy atom. The highest BCUT2D eigenvalue weighted by molar-refractivity contribution is 6.67. The van der Waals surface area contributed by atoms with Crippen LogP contribution in [0.1, 0.15) is 27.2 Å². The van der Waals surface area contributed by atoms with Crippen LogP contribution < -0.4 is 0 Å². The third-order valence-corrected chi connectivity index (χ3v) is 7.16. The molecule has 0 aromatic rings. The van der Waals surface area contributed by atoms with Gasteiger partial charge in [0.2, 0.25) is 5.91 Å². The van der Waals surface area contributed by atoms with E-state index in [0.717, 1.165) is 12.0 Å². The molecule has 1 amide bonds. The lowest BCUT2D eigenvalue weighted by Gasteiger charge is -2.61. The van der Waals surface area contributed by atoms with Crippen LogP contribution in [-0.4, -0.2) is 42.9 Å². The summed E-state index contributed by atoms with van der Waals surface area (Å²) in [5.41, 5.74) is 0.891. The number of fused-ring (bicyclic) bond motifs is 1. The zero-order valence-corrected chi connectivity index (χ0v) is 12.6. The van der Waals surface area contributed by atoms with E-state index in [1.54, 1.807) is 0 Å². The second-order valence-electron chi connectivity index (χ2n) is 6.51. The molecule has 0 unspecified atom stereocenters. The zero-order valence-electron chi connectivity index (χ0n) is 11.4. The van der Waals surface area contributed by atoms with Gasteiger partial charge in [-0.15, -0.1) is 0 Å². The van der Waals surface area contributed by atoms with Crippen LogP contribution >= 0.6 is 0 Å². The molecule has 17 heavy (non-hydrogen) atoms. The summed E-state index contributed by atoms with van der Waals surface area (Å²) in [6.45, 7) is 10.8.